The highest BCUT2D eigenvalue weighted by Crippen LogP contribution is 2.30. The molecular formula is C11H13N3O4. The van der Waals surface area contributed by atoms with Gasteiger partial charge in [0, 0.05) is 12.1 Å². The van der Waals surface area contributed by atoms with Crippen molar-refractivity contribution in [3.63, 3.8) is 0 Å². The summed E-state index contributed by atoms with van der Waals surface area (Å²) in [6, 6.07) is 3.54. The number of urea groups is 1. The number of nitrogens with zero attached hydrogens (tertiary/aromatic N) is 2. The fourth-order valence-electron chi connectivity index (χ4n) is 2.08. The molecule has 1 heterocycles. The molecule has 1 aromatic carbocycles. The zero-order valence-electron chi connectivity index (χ0n) is 9.83. The van der Waals surface area contributed by atoms with Crippen molar-refractivity contribution in [3.05, 3.63) is 39.4 Å². The number of amides is 2. The molecule has 2 amide bonds. The minimum absolute atomic E-state index is 0.0356. The van der Waals surface area contributed by atoms with Crippen LogP contribution < -0.4 is 5.73 Å². The van der Waals surface area contributed by atoms with Gasteiger partial charge in [0.25, 0.3) is 5.69 Å². The number of carbonyl (C=O) groups excluding carboxylic acids is 1. The standard InChI is InChI=1S/C11H13N3O4/c1-7-10-3-2-9(14(16)17)6-8(10)4-5-18-13(7)11(12)15/h2-3,6-7H,4-5H2,1H3,(H2,12,15). The number of primary amides is 1. The molecule has 7 nitrogen and oxygen atoms in total. The van der Waals surface area contributed by atoms with Gasteiger partial charge in [-0.05, 0) is 30.5 Å². The third-order valence-corrected chi connectivity index (χ3v) is 2.96. The van der Waals surface area contributed by atoms with Gasteiger partial charge in [0.2, 0.25) is 0 Å². The molecule has 2 N–H and O–H groups in total. The predicted octanol–water partition coefficient (Wildman–Crippen LogP) is 1.52. The summed E-state index contributed by atoms with van der Waals surface area (Å²) in [6.45, 7) is 2.03. The minimum Gasteiger partial charge on any atom is -0.350 e. The molecule has 0 saturated heterocycles. The van der Waals surface area contributed by atoms with Crippen LogP contribution in [0.4, 0.5) is 10.5 Å². The van der Waals surface area contributed by atoms with Crippen molar-refractivity contribution in [2.75, 3.05) is 6.61 Å². The molecule has 1 atom stereocenters. The molecule has 0 spiro atoms. The molecule has 1 aliphatic heterocycles. The first-order chi connectivity index (χ1) is 8.50. The Morgan fingerprint density at radius 2 is 2.33 bits per heavy atom. The summed E-state index contributed by atoms with van der Waals surface area (Å²) in [5.74, 6) is 0. The molecule has 0 saturated carbocycles. The third-order valence-electron chi connectivity index (χ3n) is 2.96. The smallest absolute Gasteiger partial charge is 0.339 e. The van der Waals surface area contributed by atoms with E-state index < -0.39 is 11.0 Å². The van der Waals surface area contributed by atoms with E-state index in [1.165, 1.54) is 12.1 Å². The maximum absolute atomic E-state index is 11.2. The van der Waals surface area contributed by atoms with Crippen LogP contribution in [0.3, 0.4) is 0 Å². The van der Waals surface area contributed by atoms with Gasteiger partial charge in [0.1, 0.15) is 0 Å². The highest BCUT2D eigenvalue weighted by Gasteiger charge is 2.26. The van der Waals surface area contributed by atoms with Crippen LogP contribution in [0.25, 0.3) is 0 Å². The monoisotopic (exact) mass is 251 g/mol. The summed E-state index contributed by atoms with van der Waals surface area (Å²) >= 11 is 0. The topological polar surface area (TPSA) is 98.7 Å². The second-order valence-corrected chi connectivity index (χ2v) is 4.06. The van der Waals surface area contributed by atoms with Crippen molar-refractivity contribution in [1.29, 1.82) is 0 Å². The molecule has 96 valence electrons. The van der Waals surface area contributed by atoms with Gasteiger partial charge in [0.15, 0.2) is 0 Å². The van der Waals surface area contributed by atoms with Gasteiger partial charge in [-0.25, -0.2) is 4.79 Å². The summed E-state index contributed by atoms with van der Waals surface area (Å²) < 4.78 is 0. The SMILES string of the molecule is CC1c2ccc([N+](=O)[O-])cc2CCON1C(N)=O. The van der Waals surface area contributed by atoms with Gasteiger partial charge in [-0.1, -0.05) is 0 Å². The Bertz CT molecular complexity index is 503. The van der Waals surface area contributed by atoms with Crippen LogP contribution in [0.2, 0.25) is 0 Å². The number of hydroxylamine groups is 2. The zero-order chi connectivity index (χ0) is 13.3. The van der Waals surface area contributed by atoms with Gasteiger partial charge in [-0.3, -0.25) is 15.0 Å². The molecule has 0 aromatic heterocycles. The summed E-state index contributed by atoms with van der Waals surface area (Å²) in [4.78, 5) is 26.7. The van der Waals surface area contributed by atoms with Crippen LogP contribution in [0.1, 0.15) is 24.1 Å². The van der Waals surface area contributed by atoms with Crippen molar-refractivity contribution >= 4 is 11.7 Å². The molecule has 2 rings (SSSR count). The second kappa shape index (κ2) is 4.61. The molecule has 0 aliphatic carbocycles. The first-order valence-corrected chi connectivity index (χ1v) is 5.49. The molecule has 0 radical (unpaired) electrons. The number of nitro benzene ring substituents is 1. The maximum atomic E-state index is 11.2. The van der Waals surface area contributed by atoms with Gasteiger partial charge in [-0.2, -0.15) is 5.06 Å². The zero-order valence-corrected chi connectivity index (χ0v) is 9.83. The molecule has 1 aliphatic rings. The number of non-ortho nitro benzene ring substituents is 1. The summed E-state index contributed by atoms with van der Waals surface area (Å²) in [5.41, 5.74) is 6.87. The average Bonchev–Trinajstić information content (AvgIpc) is 2.48. The van der Waals surface area contributed by atoms with E-state index in [-0.39, 0.29) is 18.3 Å². The minimum atomic E-state index is -0.672. The van der Waals surface area contributed by atoms with Gasteiger partial charge < -0.3 is 5.73 Å². The molecule has 18 heavy (non-hydrogen) atoms. The number of fused-ring (bicyclic) bond motifs is 1. The highest BCUT2D eigenvalue weighted by atomic mass is 16.7. The number of hydrogen-bond acceptors (Lipinski definition) is 4. The van der Waals surface area contributed by atoms with Crippen LogP contribution in [-0.2, 0) is 11.3 Å². The predicted molar refractivity (Wildman–Crippen MR) is 62.6 cm³/mol. The lowest BCUT2D eigenvalue weighted by Gasteiger charge is -2.24. The Balaban J connectivity index is 2.42. The lowest BCUT2D eigenvalue weighted by molar-refractivity contribution is -0.384. The first kappa shape index (κ1) is 12.3. The van der Waals surface area contributed by atoms with Crippen LogP contribution in [0, 0.1) is 10.1 Å². The molecule has 1 unspecified atom stereocenters. The number of nitrogens with two attached hydrogens (primary N) is 1. The van der Waals surface area contributed by atoms with Crippen molar-refractivity contribution in [2.45, 2.75) is 19.4 Å². The van der Waals surface area contributed by atoms with Crippen LogP contribution in [0.15, 0.2) is 18.2 Å². The van der Waals surface area contributed by atoms with Crippen molar-refractivity contribution in [1.82, 2.24) is 5.06 Å². The number of benzene rings is 1. The van der Waals surface area contributed by atoms with Crippen LogP contribution in [-0.4, -0.2) is 22.6 Å². The van der Waals surface area contributed by atoms with Gasteiger partial charge in [0.05, 0.1) is 17.6 Å². The van der Waals surface area contributed by atoms with E-state index in [0.717, 1.165) is 16.2 Å². The number of carbonyl (C=O) groups is 1. The molecule has 1 aromatic rings. The fraction of sp³-hybridized carbons (Fsp3) is 0.364. The van der Waals surface area contributed by atoms with E-state index in [1.807, 2.05) is 0 Å². The maximum Gasteiger partial charge on any atom is 0.339 e. The number of rotatable bonds is 1. The highest BCUT2D eigenvalue weighted by molar-refractivity contribution is 5.71. The van der Waals surface area contributed by atoms with Gasteiger partial charge >= 0.3 is 6.03 Å². The third kappa shape index (κ3) is 2.12. The van der Waals surface area contributed by atoms with E-state index in [2.05, 4.69) is 0 Å². The van der Waals surface area contributed by atoms with Crippen molar-refractivity contribution < 1.29 is 14.6 Å². The molecule has 0 bridgehead atoms. The Kier molecular flexibility index (Phi) is 3.15. The lowest BCUT2D eigenvalue weighted by atomic mass is 9.99. The molecular weight excluding hydrogens is 238 g/mol. The summed E-state index contributed by atoms with van der Waals surface area (Å²) in [5, 5.41) is 11.8. The summed E-state index contributed by atoms with van der Waals surface area (Å²) in [7, 11) is 0. The average molecular weight is 251 g/mol. The number of nitro groups is 1. The second-order valence-electron chi connectivity index (χ2n) is 4.06. The Morgan fingerprint density at radius 3 is 2.94 bits per heavy atom. The van der Waals surface area contributed by atoms with E-state index >= 15 is 0 Å². The lowest BCUT2D eigenvalue weighted by Crippen LogP contribution is -2.37. The fourth-order valence-corrected chi connectivity index (χ4v) is 2.08. The first-order valence-electron chi connectivity index (χ1n) is 5.49. The summed E-state index contributed by atoms with van der Waals surface area (Å²) in [6.07, 6.45) is 0.505. The van der Waals surface area contributed by atoms with Crippen molar-refractivity contribution in [2.24, 2.45) is 5.73 Å². The van der Waals surface area contributed by atoms with Crippen LogP contribution in [0.5, 0.6) is 0 Å². The normalized spacial score (nSPS) is 18.9. The quantitative estimate of drug-likeness (QED) is 0.604. The van der Waals surface area contributed by atoms with Crippen molar-refractivity contribution in [3.8, 4) is 0 Å². The van der Waals surface area contributed by atoms with E-state index in [9.17, 15) is 14.9 Å². The molecule has 7 heteroatoms. The Morgan fingerprint density at radius 1 is 1.61 bits per heavy atom. The van der Waals surface area contributed by atoms with E-state index in [4.69, 9.17) is 10.6 Å². The van der Waals surface area contributed by atoms with Crippen LogP contribution >= 0.6 is 0 Å². The van der Waals surface area contributed by atoms with Gasteiger partial charge in [-0.15, -0.1) is 0 Å². The van der Waals surface area contributed by atoms with E-state index in [0.29, 0.717) is 6.42 Å². The number of hydrogen-bond donors (Lipinski definition) is 1. The molecule has 0 fully saturated rings. The Hall–Kier alpha value is -2.15. The van der Waals surface area contributed by atoms with E-state index in [1.54, 1.807) is 13.0 Å². The Labute approximate surface area is 103 Å². The largest absolute Gasteiger partial charge is 0.350 e.